The van der Waals surface area contributed by atoms with Gasteiger partial charge in [-0.2, -0.15) is 18.2 Å². The predicted octanol–water partition coefficient (Wildman–Crippen LogP) is 3.31. The summed E-state index contributed by atoms with van der Waals surface area (Å²) in [5, 5.41) is 13.3. The van der Waals surface area contributed by atoms with Crippen LogP contribution in [0.15, 0.2) is 30.3 Å². The summed E-state index contributed by atoms with van der Waals surface area (Å²) in [7, 11) is 0. The predicted molar refractivity (Wildman–Crippen MR) is 108 cm³/mol. The van der Waals surface area contributed by atoms with E-state index in [2.05, 4.69) is 10.3 Å². The molecule has 0 unspecified atom stereocenters. The van der Waals surface area contributed by atoms with E-state index in [4.69, 9.17) is 21.1 Å². The molecule has 1 aromatic heterocycles. The number of ether oxygens (including phenoxy) is 2. The first-order valence-electron chi connectivity index (χ1n) is 9.42. The zero-order chi connectivity index (χ0) is 23.3. The highest BCUT2D eigenvalue weighted by Gasteiger charge is 2.32. The molecule has 2 heterocycles. The van der Waals surface area contributed by atoms with Crippen molar-refractivity contribution < 1.29 is 32.4 Å². The number of nitrogens with one attached hydrogen (secondary N) is 1. The summed E-state index contributed by atoms with van der Waals surface area (Å²) in [6.07, 6.45) is -4.59. The molecule has 0 saturated carbocycles. The maximum atomic E-state index is 13.3. The first kappa shape index (κ1) is 23.5. The topological polar surface area (TPSA) is 107 Å². The van der Waals surface area contributed by atoms with Crippen molar-refractivity contribution >= 4 is 29.0 Å². The Hall–Kier alpha value is -3.12. The van der Waals surface area contributed by atoms with Crippen molar-refractivity contribution in [2.24, 2.45) is 0 Å². The third kappa shape index (κ3) is 5.98. The molecule has 1 amide bonds. The van der Waals surface area contributed by atoms with E-state index in [0.29, 0.717) is 26.3 Å². The number of amides is 1. The number of benzene rings is 1. The lowest BCUT2D eigenvalue weighted by Crippen LogP contribution is -2.37. The number of anilines is 1. The lowest BCUT2D eigenvalue weighted by molar-refractivity contribution is -0.384. The lowest BCUT2D eigenvalue weighted by atomic mass is 10.2. The minimum Gasteiger partial charge on any atom is -0.476 e. The van der Waals surface area contributed by atoms with Crippen molar-refractivity contribution in [1.29, 1.82) is 0 Å². The van der Waals surface area contributed by atoms with E-state index in [9.17, 15) is 28.1 Å². The Morgan fingerprint density at radius 1 is 1.28 bits per heavy atom. The Bertz CT molecular complexity index is 999. The Labute approximate surface area is 185 Å². The van der Waals surface area contributed by atoms with Crippen LogP contribution in [0.5, 0.6) is 5.88 Å². The fraction of sp³-hybridized carbons (Fsp3) is 0.368. The van der Waals surface area contributed by atoms with Gasteiger partial charge in [-0.15, -0.1) is 0 Å². The zero-order valence-electron chi connectivity index (χ0n) is 16.5. The first-order valence-corrected chi connectivity index (χ1v) is 9.80. The third-order valence-electron chi connectivity index (χ3n) is 4.49. The molecule has 9 nitrogen and oxygen atoms in total. The first-order chi connectivity index (χ1) is 15.1. The molecule has 1 N–H and O–H groups in total. The zero-order valence-corrected chi connectivity index (χ0v) is 17.3. The van der Waals surface area contributed by atoms with Gasteiger partial charge < -0.3 is 19.7 Å². The number of alkyl halides is 3. The van der Waals surface area contributed by atoms with Gasteiger partial charge in [-0.25, -0.2) is 0 Å². The maximum absolute atomic E-state index is 13.3. The second-order valence-electron chi connectivity index (χ2n) is 6.68. The van der Waals surface area contributed by atoms with Crippen LogP contribution in [0.1, 0.15) is 15.9 Å². The van der Waals surface area contributed by atoms with Crippen LogP contribution >= 0.6 is 11.6 Å². The molecule has 32 heavy (non-hydrogen) atoms. The van der Waals surface area contributed by atoms with Crippen LogP contribution in [0.3, 0.4) is 0 Å². The number of carbonyl (C=O) groups is 1. The largest absolute Gasteiger partial charge is 0.476 e. The Kier molecular flexibility index (Phi) is 7.36. The van der Waals surface area contributed by atoms with Crippen molar-refractivity contribution in [1.82, 2.24) is 10.3 Å². The SMILES string of the molecule is O=C(NCCOc1cc(C(F)(F)F)cc(N2CCOCC2)n1)c1cc([N+](=O)[O-])ccc1Cl. The molecule has 172 valence electrons. The number of nitro benzene ring substituents is 1. The molecular formula is C19H18ClF3N4O5. The summed E-state index contributed by atoms with van der Waals surface area (Å²) < 4.78 is 50.4. The molecular weight excluding hydrogens is 457 g/mol. The Morgan fingerprint density at radius 2 is 2.00 bits per heavy atom. The van der Waals surface area contributed by atoms with Crippen molar-refractivity contribution in [2.75, 3.05) is 44.4 Å². The summed E-state index contributed by atoms with van der Waals surface area (Å²) in [5.41, 5.74) is -1.32. The minimum absolute atomic E-state index is 0.0173. The van der Waals surface area contributed by atoms with Gasteiger partial charge in [0.25, 0.3) is 11.6 Å². The number of rotatable bonds is 7. The molecule has 0 aliphatic carbocycles. The fourth-order valence-corrected chi connectivity index (χ4v) is 3.10. The monoisotopic (exact) mass is 474 g/mol. The number of halogens is 4. The van der Waals surface area contributed by atoms with Gasteiger partial charge in [0.05, 0.1) is 40.8 Å². The van der Waals surface area contributed by atoms with Crippen LogP contribution in [-0.2, 0) is 10.9 Å². The van der Waals surface area contributed by atoms with Crippen LogP contribution in [0.2, 0.25) is 5.02 Å². The van der Waals surface area contributed by atoms with Gasteiger partial charge in [-0.05, 0) is 12.1 Å². The van der Waals surface area contributed by atoms with E-state index in [-0.39, 0.29) is 41.1 Å². The molecule has 3 rings (SSSR count). The van der Waals surface area contributed by atoms with Gasteiger partial charge in [0.1, 0.15) is 12.4 Å². The normalized spacial score (nSPS) is 14.2. The average Bonchev–Trinajstić information content (AvgIpc) is 2.76. The summed E-state index contributed by atoms with van der Waals surface area (Å²) >= 11 is 5.91. The number of carbonyl (C=O) groups excluding carboxylic acids is 1. The standard InChI is InChI=1S/C19H18ClF3N4O5/c20-15-2-1-13(27(29)30)11-14(15)18(28)24-3-6-32-17-10-12(19(21,22)23)9-16(25-17)26-4-7-31-8-5-26/h1-2,9-11H,3-8H2,(H,24,28). The van der Waals surface area contributed by atoms with Gasteiger partial charge in [0.2, 0.25) is 5.88 Å². The summed E-state index contributed by atoms with van der Waals surface area (Å²) in [6, 6.07) is 5.15. The molecule has 0 atom stereocenters. The molecule has 13 heteroatoms. The molecule has 0 spiro atoms. The van der Waals surface area contributed by atoms with Crippen molar-refractivity contribution in [3.63, 3.8) is 0 Å². The number of nitro groups is 1. The maximum Gasteiger partial charge on any atom is 0.416 e. The lowest BCUT2D eigenvalue weighted by Gasteiger charge is -2.28. The molecule has 1 aliphatic heterocycles. The smallest absolute Gasteiger partial charge is 0.416 e. The minimum atomic E-state index is -4.59. The van der Waals surface area contributed by atoms with Crippen LogP contribution in [0.4, 0.5) is 24.7 Å². The van der Waals surface area contributed by atoms with Gasteiger partial charge in [-0.1, -0.05) is 11.6 Å². The van der Waals surface area contributed by atoms with Crippen LogP contribution in [0, 0.1) is 10.1 Å². The molecule has 1 aliphatic rings. The molecule has 1 saturated heterocycles. The van der Waals surface area contributed by atoms with Crippen LogP contribution in [-0.4, -0.2) is 55.3 Å². The second-order valence-corrected chi connectivity index (χ2v) is 7.08. The van der Waals surface area contributed by atoms with Gasteiger partial charge in [-0.3, -0.25) is 14.9 Å². The van der Waals surface area contributed by atoms with E-state index < -0.39 is 22.6 Å². The Morgan fingerprint density at radius 3 is 2.66 bits per heavy atom. The van der Waals surface area contributed by atoms with E-state index in [1.54, 1.807) is 4.90 Å². The number of hydrogen-bond acceptors (Lipinski definition) is 7. The number of nitrogens with zero attached hydrogens (tertiary/aromatic N) is 3. The highest BCUT2D eigenvalue weighted by Crippen LogP contribution is 2.33. The highest BCUT2D eigenvalue weighted by molar-refractivity contribution is 6.33. The number of non-ortho nitro benzene ring substituents is 1. The Balaban J connectivity index is 1.64. The van der Waals surface area contributed by atoms with Crippen molar-refractivity contribution in [3.05, 3.63) is 56.6 Å². The van der Waals surface area contributed by atoms with E-state index in [1.807, 2.05) is 0 Å². The molecule has 0 bridgehead atoms. The average molecular weight is 475 g/mol. The van der Waals surface area contributed by atoms with Crippen molar-refractivity contribution in [2.45, 2.75) is 6.18 Å². The summed E-state index contributed by atoms with van der Waals surface area (Å²) in [4.78, 5) is 28.2. The third-order valence-corrected chi connectivity index (χ3v) is 4.82. The number of aromatic nitrogens is 1. The molecule has 1 aromatic carbocycles. The quantitative estimate of drug-likeness (QED) is 0.372. The highest BCUT2D eigenvalue weighted by atomic mass is 35.5. The van der Waals surface area contributed by atoms with Gasteiger partial charge in [0.15, 0.2) is 0 Å². The van der Waals surface area contributed by atoms with Crippen LogP contribution < -0.4 is 15.0 Å². The van der Waals surface area contributed by atoms with Crippen molar-refractivity contribution in [3.8, 4) is 5.88 Å². The van der Waals surface area contributed by atoms with E-state index in [0.717, 1.165) is 24.3 Å². The summed E-state index contributed by atoms with van der Waals surface area (Å²) in [6.45, 7) is 1.26. The number of pyridine rings is 1. The second kappa shape index (κ2) is 10.0. The van der Waals surface area contributed by atoms with Crippen LogP contribution in [0.25, 0.3) is 0 Å². The number of hydrogen-bond donors (Lipinski definition) is 1. The number of morpholine rings is 1. The van der Waals surface area contributed by atoms with E-state index in [1.165, 1.54) is 6.07 Å². The molecule has 1 fully saturated rings. The van der Waals surface area contributed by atoms with Gasteiger partial charge in [0, 0.05) is 31.3 Å². The molecule has 0 radical (unpaired) electrons. The summed E-state index contributed by atoms with van der Waals surface area (Å²) in [5.74, 6) is -0.817. The van der Waals surface area contributed by atoms with E-state index >= 15 is 0 Å². The fourth-order valence-electron chi connectivity index (χ4n) is 2.90. The van der Waals surface area contributed by atoms with Gasteiger partial charge >= 0.3 is 6.18 Å². The molecule has 2 aromatic rings.